The van der Waals surface area contributed by atoms with Gasteiger partial charge in [0.2, 0.25) is 0 Å². The van der Waals surface area contributed by atoms with Gasteiger partial charge in [-0.3, -0.25) is 24.2 Å². The molecule has 0 aliphatic carbocycles. The second-order valence-corrected chi connectivity index (χ2v) is 6.31. The number of H-pyrrole nitrogens is 1. The molecule has 0 radical (unpaired) electrons. The molecule has 2 atom stereocenters. The number of aromatic amines is 1. The van der Waals surface area contributed by atoms with Crippen molar-refractivity contribution in [1.82, 2.24) is 19.4 Å². The Morgan fingerprint density at radius 1 is 1.46 bits per heavy atom. The van der Waals surface area contributed by atoms with Crippen molar-refractivity contribution in [3.63, 3.8) is 0 Å². The molecule has 2 aromatic rings. The highest BCUT2D eigenvalue weighted by Crippen LogP contribution is 2.31. The van der Waals surface area contributed by atoms with Crippen molar-refractivity contribution in [1.29, 1.82) is 0 Å². The predicted molar refractivity (Wildman–Crippen MR) is 85.1 cm³/mol. The lowest BCUT2D eigenvalue weighted by Gasteiger charge is -2.43. The number of likely N-dealkylation sites (tertiary alicyclic amines) is 1. The molecular weight excluding hydrogens is 315 g/mol. The van der Waals surface area contributed by atoms with Crippen LogP contribution in [0.25, 0.3) is 0 Å². The van der Waals surface area contributed by atoms with Crippen molar-refractivity contribution in [2.75, 3.05) is 13.1 Å². The van der Waals surface area contributed by atoms with E-state index in [-0.39, 0.29) is 12.4 Å². The second-order valence-electron chi connectivity index (χ2n) is 6.31. The van der Waals surface area contributed by atoms with Gasteiger partial charge in [0.25, 0.3) is 5.56 Å². The molecule has 3 heterocycles. The summed E-state index contributed by atoms with van der Waals surface area (Å²) in [4.78, 5) is 31.5. The maximum atomic E-state index is 13.8. The summed E-state index contributed by atoms with van der Waals surface area (Å²) >= 11 is 0. The van der Waals surface area contributed by atoms with Gasteiger partial charge in [0.15, 0.2) is 0 Å². The Kier molecular flexibility index (Phi) is 4.33. The number of nitrogens with one attached hydrogen (secondary N) is 1. The van der Waals surface area contributed by atoms with Gasteiger partial charge < -0.3 is 5.11 Å². The Labute approximate surface area is 137 Å². The zero-order valence-corrected chi connectivity index (χ0v) is 13.3. The van der Waals surface area contributed by atoms with E-state index in [0.29, 0.717) is 25.2 Å². The van der Waals surface area contributed by atoms with Crippen LogP contribution in [0, 0.1) is 5.82 Å². The van der Waals surface area contributed by atoms with Gasteiger partial charge in [-0.25, -0.2) is 9.18 Å². The molecule has 1 aliphatic rings. The van der Waals surface area contributed by atoms with Gasteiger partial charge >= 0.3 is 5.69 Å². The van der Waals surface area contributed by atoms with Gasteiger partial charge in [-0.05, 0) is 25.5 Å². The highest BCUT2D eigenvalue weighted by molar-refractivity contribution is 5.08. The Bertz CT molecular complexity index is 845. The lowest BCUT2D eigenvalue weighted by molar-refractivity contribution is -0.0546. The zero-order valence-electron chi connectivity index (χ0n) is 13.3. The van der Waals surface area contributed by atoms with E-state index in [4.69, 9.17) is 0 Å². The summed E-state index contributed by atoms with van der Waals surface area (Å²) in [5.41, 5.74) is -1.84. The third-order valence-corrected chi connectivity index (χ3v) is 4.48. The molecule has 1 aliphatic heterocycles. The van der Waals surface area contributed by atoms with Crippen LogP contribution in [0.15, 0.2) is 40.2 Å². The molecule has 0 bridgehead atoms. The molecule has 2 N–H and O–H groups in total. The summed E-state index contributed by atoms with van der Waals surface area (Å²) in [5.74, 6) is -0.382. The first-order valence-electron chi connectivity index (χ1n) is 7.72. The SMILES string of the molecule is C[C@@]1(O)CCN(Cc2ncccc2F)C[C@H]1n1ccc(=O)[nH]c1=O. The van der Waals surface area contributed by atoms with Crippen LogP contribution in [0.1, 0.15) is 25.1 Å². The van der Waals surface area contributed by atoms with E-state index < -0.39 is 22.9 Å². The molecule has 0 saturated carbocycles. The molecule has 2 aromatic heterocycles. The molecule has 1 saturated heterocycles. The normalized spacial score (nSPS) is 24.9. The van der Waals surface area contributed by atoms with Crippen LogP contribution in [0.2, 0.25) is 0 Å². The quantitative estimate of drug-likeness (QED) is 0.841. The number of aromatic nitrogens is 3. The lowest BCUT2D eigenvalue weighted by Crippen LogP contribution is -2.53. The third kappa shape index (κ3) is 3.29. The maximum Gasteiger partial charge on any atom is 0.328 e. The van der Waals surface area contributed by atoms with Crippen LogP contribution in [-0.4, -0.2) is 43.2 Å². The number of hydrogen-bond donors (Lipinski definition) is 2. The van der Waals surface area contributed by atoms with Gasteiger partial charge in [-0.15, -0.1) is 0 Å². The third-order valence-electron chi connectivity index (χ3n) is 4.48. The summed E-state index contributed by atoms with van der Waals surface area (Å²) < 4.78 is 15.1. The monoisotopic (exact) mass is 334 g/mol. The summed E-state index contributed by atoms with van der Waals surface area (Å²) in [6.07, 6.45) is 3.32. The first-order chi connectivity index (χ1) is 11.4. The molecule has 128 valence electrons. The fourth-order valence-electron chi connectivity index (χ4n) is 3.03. The van der Waals surface area contributed by atoms with Crippen molar-refractivity contribution < 1.29 is 9.50 Å². The van der Waals surface area contributed by atoms with E-state index in [9.17, 15) is 19.1 Å². The zero-order chi connectivity index (χ0) is 17.3. The van der Waals surface area contributed by atoms with Crippen molar-refractivity contribution >= 4 is 0 Å². The average Bonchev–Trinajstić information content (AvgIpc) is 2.52. The number of nitrogens with zero attached hydrogens (tertiary/aromatic N) is 3. The highest BCUT2D eigenvalue weighted by Gasteiger charge is 2.39. The molecule has 24 heavy (non-hydrogen) atoms. The molecule has 0 unspecified atom stereocenters. The molecular formula is C16H19FN4O3. The van der Waals surface area contributed by atoms with E-state index in [1.165, 1.54) is 35.2 Å². The minimum absolute atomic E-state index is 0.289. The smallest absolute Gasteiger partial charge is 0.328 e. The summed E-state index contributed by atoms with van der Waals surface area (Å²) in [5, 5.41) is 10.7. The first-order valence-corrected chi connectivity index (χ1v) is 7.72. The van der Waals surface area contributed by atoms with Crippen molar-refractivity contribution in [2.24, 2.45) is 0 Å². The van der Waals surface area contributed by atoms with Crippen LogP contribution in [0.3, 0.4) is 0 Å². The minimum Gasteiger partial charge on any atom is -0.388 e. The summed E-state index contributed by atoms with van der Waals surface area (Å²) in [7, 11) is 0. The van der Waals surface area contributed by atoms with Gasteiger partial charge in [-0.1, -0.05) is 0 Å². The van der Waals surface area contributed by atoms with Gasteiger partial charge in [0.05, 0.1) is 17.3 Å². The van der Waals surface area contributed by atoms with Crippen molar-refractivity contribution in [2.45, 2.75) is 31.5 Å². The highest BCUT2D eigenvalue weighted by atomic mass is 19.1. The Balaban J connectivity index is 1.86. The van der Waals surface area contributed by atoms with Gasteiger partial charge in [0, 0.05) is 38.1 Å². The Morgan fingerprint density at radius 3 is 2.96 bits per heavy atom. The number of pyridine rings is 1. The van der Waals surface area contributed by atoms with Crippen LogP contribution >= 0.6 is 0 Å². The Morgan fingerprint density at radius 2 is 2.25 bits per heavy atom. The molecule has 1 fully saturated rings. The minimum atomic E-state index is -1.11. The number of halogens is 1. The predicted octanol–water partition coefficient (Wildman–Crippen LogP) is 0.269. The van der Waals surface area contributed by atoms with Crippen molar-refractivity contribution in [3.8, 4) is 0 Å². The molecule has 0 aromatic carbocycles. The fraction of sp³-hybridized carbons (Fsp3) is 0.438. The van der Waals surface area contributed by atoms with Crippen molar-refractivity contribution in [3.05, 3.63) is 62.9 Å². The summed E-state index contributed by atoms with van der Waals surface area (Å²) in [6, 6.07) is 3.58. The molecule has 0 spiro atoms. The second kappa shape index (κ2) is 6.29. The maximum absolute atomic E-state index is 13.8. The van der Waals surface area contributed by atoms with E-state index in [0.717, 1.165) is 0 Å². The van der Waals surface area contributed by atoms with E-state index in [1.54, 1.807) is 6.92 Å². The van der Waals surface area contributed by atoms with Gasteiger partial charge in [0.1, 0.15) is 5.82 Å². The van der Waals surface area contributed by atoms with Crippen LogP contribution in [0.5, 0.6) is 0 Å². The lowest BCUT2D eigenvalue weighted by atomic mass is 9.88. The molecule has 0 amide bonds. The van der Waals surface area contributed by atoms with Crippen LogP contribution < -0.4 is 11.2 Å². The van der Waals surface area contributed by atoms with Gasteiger partial charge in [-0.2, -0.15) is 0 Å². The summed E-state index contributed by atoms with van der Waals surface area (Å²) in [6.45, 7) is 2.85. The van der Waals surface area contributed by atoms with E-state index >= 15 is 0 Å². The van der Waals surface area contributed by atoms with Crippen LogP contribution in [-0.2, 0) is 6.54 Å². The molecule has 3 rings (SSSR count). The van der Waals surface area contributed by atoms with E-state index in [1.807, 2.05) is 4.90 Å². The molecule has 8 heteroatoms. The number of hydrogen-bond acceptors (Lipinski definition) is 5. The Hall–Kier alpha value is -2.32. The van der Waals surface area contributed by atoms with Crippen LogP contribution in [0.4, 0.5) is 4.39 Å². The average molecular weight is 334 g/mol. The fourth-order valence-corrected chi connectivity index (χ4v) is 3.03. The number of piperidine rings is 1. The molecule has 7 nitrogen and oxygen atoms in total. The number of rotatable bonds is 3. The standard InChI is InChI=1S/C16H19FN4O3/c1-16(24)5-8-20(9-12-11(17)3-2-6-18-12)10-13(16)21-7-4-14(22)19-15(21)23/h2-4,6-7,13,24H,5,8-10H2,1H3,(H,19,22,23)/t13-,16-/m1/s1. The largest absolute Gasteiger partial charge is 0.388 e. The first kappa shape index (κ1) is 16.5. The van der Waals surface area contributed by atoms with E-state index in [2.05, 4.69) is 9.97 Å². The topological polar surface area (TPSA) is 91.2 Å². The number of aliphatic hydroxyl groups is 1.